The van der Waals surface area contributed by atoms with Gasteiger partial charge in [-0.2, -0.15) is 0 Å². The Morgan fingerprint density at radius 2 is 1.87 bits per heavy atom. The molecule has 0 radical (unpaired) electrons. The highest BCUT2D eigenvalue weighted by Gasteiger charge is 2.17. The average molecular weight is 537 g/mol. The van der Waals surface area contributed by atoms with Crippen LogP contribution >= 0.6 is 11.6 Å². The summed E-state index contributed by atoms with van der Waals surface area (Å²) in [5.41, 5.74) is 5.87. The highest BCUT2D eigenvalue weighted by molar-refractivity contribution is 6.32. The van der Waals surface area contributed by atoms with Crippen LogP contribution in [0.3, 0.4) is 0 Å². The summed E-state index contributed by atoms with van der Waals surface area (Å²) in [7, 11) is 0. The molecule has 198 valence electrons. The summed E-state index contributed by atoms with van der Waals surface area (Å²) in [6.07, 6.45) is 0. The third-order valence-corrected chi connectivity index (χ3v) is 7.05. The molecule has 0 unspecified atom stereocenters. The number of hydrogen-bond acceptors (Lipinski definition) is 3. The van der Waals surface area contributed by atoms with Crippen LogP contribution < -0.4 is 10.1 Å². The fourth-order valence-corrected chi connectivity index (χ4v) is 4.66. The Bertz CT molecular complexity index is 1530. The van der Waals surface area contributed by atoms with Crippen LogP contribution in [0, 0.1) is 19.7 Å². The van der Waals surface area contributed by atoms with Crippen LogP contribution in [0.5, 0.6) is 5.75 Å². The van der Waals surface area contributed by atoms with Gasteiger partial charge in [0.1, 0.15) is 11.6 Å². The molecule has 0 aliphatic carbocycles. The van der Waals surface area contributed by atoms with Crippen molar-refractivity contribution in [2.75, 3.05) is 6.61 Å². The quantitative estimate of drug-likeness (QED) is 0.252. The van der Waals surface area contributed by atoms with Gasteiger partial charge in [0.25, 0.3) is 5.91 Å². The van der Waals surface area contributed by atoms with Crippen molar-refractivity contribution in [2.24, 2.45) is 0 Å². The first kappa shape index (κ1) is 27.2. The topological polar surface area (TPSA) is 80.6 Å². The number of carbonyl (C=O) groups is 2. The zero-order valence-electron chi connectivity index (χ0n) is 21.8. The van der Waals surface area contributed by atoms with Gasteiger partial charge in [-0.25, -0.2) is 9.18 Å². The molecule has 0 bridgehead atoms. The fraction of sp³-hybridized carbons (Fsp3) is 0.267. The molecular weight excluding hydrogens is 507 g/mol. The van der Waals surface area contributed by atoms with Crippen LogP contribution in [0.1, 0.15) is 58.1 Å². The molecular formula is C30H30ClFN2O4. The number of aromatic nitrogens is 1. The van der Waals surface area contributed by atoms with E-state index in [1.807, 2.05) is 42.7 Å². The summed E-state index contributed by atoms with van der Waals surface area (Å²) in [5, 5.41) is 12.8. The minimum Gasteiger partial charge on any atom is -0.480 e. The molecule has 1 aromatic heterocycles. The standard InChI is InChI=1S/C30H30ClFN2O4/c1-17(2)21-7-5-6-20(10-21)14-33-30(37)22-8-9-27-24(11-22)18(3)19(4)34(27)15-23-12-28(38-16-29(35)36)25(31)13-26(23)32/h5-13,17H,14-16H2,1-4H3,(H,33,37)(H,35,36). The molecule has 0 aliphatic rings. The lowest BCUT2D eigenvalue weighted by atomic mass is 10.0. The van der Waals surface area contributed by atoms with Gasteiger partial charge in [0.2, 0.25) is 0 Å². The molecule has 1 amide bonds. The summed E-state index contributed by atoms with van der Waals surface area (Å²) < 4.78 is 22.0. The van der Waals surface area contributed by atoms with E-state index in [-0.39, 0.29) is 23.2 Å². The van der Waals surface area contributed by atoms with E-state index in [0.29, 0.717) is 23.6 Å². The van der Waals surface area contributed by atoms with E-state index >= 15 is 0 Å². The number of benzene rings is 3. The minimum atomic E-state index is -1.15. The smallest absolute Gasteiger partial charge is 0.341 e. The summed E-state index contributed by atoms with van der Waals surface area (Å²) in [4.78, 5) is 23.8. The molecule has 0 spiro atoms. The first-order chi connectivity index (χ1) is 18.0. The predicted octanol–water partition coefficient (Wildman–Crippen LogP) is 6.62. The van der Waals surface area contributed by atoms with Gasteiger partial charge in [-0.15, -0.1) is 0 Å². The van der Waals surface area contributed by atoms with Gasteiger partial charge < -0.3 is 19.7 Å². The normalized spacial score (nSPS) is 11.2. The van der Waals surface area contributed by atoms with Crippen molar-refractivity contribution < 1.29 is 23.8 Å². The Balaban J connectivity index is 1.58. The molecule has 0 saturated heterocycles. The first-order valence-corrected chi connectivity index (χ1v) is 12.7. The number of hydrogen-bond donors (Lipinski definition) is 2. The number of aryl methyl sites for hydroxylation is 1. The Morgan fingerprint density at radius 1 is 1.11 bits per heavy atom. The van der Waals surface area contributed by atoms with Crippen LogP contribution in [-0.4, -0.2) is 28.2 Å². The highest BCUT2D eigenvalue weighted by atomic mass is 35.5. The Morgan fingerprint density at radius 3 is 2.58 bits per heavy atom. The van der Waals surface area contributed by atoms with Gasteiger partial charge in [-0.1, -0.05) is 49.7 Å². The number of nitrogens with one attached hydrogen (secondary N) is 1. The maximum atomic E-state index is 14.8. The number of carbonyl (C=O) groups excluding carboxylic acids is 1. The summed E-state index contributed by atoms with van der Waals surface area (Å²) >= 11 is 6.05. The number of amides is 1. The van der Waals surface area contributed by atoms with Crippen LogP contribution in [0.4, 0.5) is 4.39 Å². The summed E-state index contributed by atoms with van der Waals surface area (Å²) in [6.45, 7) is 8.20. The number of carboxylic acid groups (broad SMARTS) is 1. The molecule has 1 heterocycles. The van der Waals surface area contributed by atoms with E-state index in [4.69, 9.17) is 21.4 Å². The zero-order chi connectivity index (χ0) is 27.6. The van der Waals surface area contributed by atoms with Gasteiger partial charge >= 0.3 is 5.97 Å². The van der Waals surface area contributed by atoms with Crippen molar-refractivity contribution in [2.45, 2.75) is 46.7 Å². The van der Waals surface area contributed by atoms with Crippen molar-refractivity contribution in [3.05, 3.63) is 98.9 Å². The second-order valence-electron chi connectivity index (χ2n) is 9.67. The van der Waals surface area contributed by atoms with Crippen molar-refractivity contribution in [3.8, 4) is 5.75 Å². The fourth-order valence-electron chi connectivity index (χ4n) is 4.45. The maximum absolute atomic E-state index is 14.8. The molecule has 4 aromatic rings. The van der Waals surface area contributed by atoms with E-state index in [1.165, 1.54) is 11.6 Å². The molecule has 0 atom stereocenters. The third-order valence-electron chi connectivity index (χ3n) is 6.75. The van der Waals surface area contributed by atoms with Crippen molar-refractivity contribution in [1.82, 2.24) is 9.88 Å². The molecule has 38 heavy (non-hydrogen) atoms. The first-order valence-electron chi connectivity index (χ1n) is 12.3. The second-order valence-corrected chi connectivity index (χ2v) is 10.1. The Hall–Kier alpha value is -3.84. The summed E-state index contributed by atoms with van der Waals surface area (Å²) in [5.74, 6) is -1.33. The number of fused-ring (bicyclic) bond motifs is 1. The van der Waals surface area contributed by atoms with Crippen LogP contribution in [0.15, 0.2) is 54.6 Å². The highest BCUT2D eigenvalue weighted by Crippen LogP contribution is 2.31. The van der Waals surface area contributed by atoms with Gasteiger partial charge in [-0.05, 0) is 66.8 Å². The van der Waals surface area contributed by atoms with Crippen LogP contribution in [0.25, 0.3) is 10.9 Å². The monoisotopic (exact) mass is 536 g/mol. The molecule has 6 nitrogen and oxygen atoms in total. The largest absolute Gasteiger partial charge is 0.480 e. The number of aliphatic carboxylic acids is 1. The Kier molecular flexibility index (Phi) is 8.07. The lowest BCUT2D eigenvalue weighted by molar-refractivity contribution is -0.139. The number of rotatable bonds is 9. The van der Waals surface area contributed by atoms with Crippen molar-refractivity contribution >= 4 is 34.4 Å². The SMILES string of the molecule is Cc1c(C)n(Cc2cc(OCC(=O)O)c(Cl)cc2F)c2ccc(C(=O)NCc3cccc(C(C)C)c3)cc12. The van der Waals surface area contributed by atoms with E-state index in [9.17, 15) is 14.0 Å². The minimum absolute atomic E-state index is 0.00403. The Labute approximate surface area is 226 Å². The number of halogens is 2. The maximum Gasteiger partial charge on any atom is 0.341 e. The van der Waals surface area contributed by atoms with Gasteiger partial charge in [0.15, 0.2) is 6.61 Å². The lowest BCUT2D eigenvalue weighted by Crippen LogP contribution is -2.22. The molecule has 4 rings (SSSR count). The lowest BCUT2D eigenvalue weighted by Gasteiger charge is -2.13. The molecule has 0 aliphatic heterocycles. The summed E-state index contributed by atoms with van der Waals surface area (Å²) in [6, 6.07) is 16.2. The van der Waals surface area contributed by atoms with Gasteiger partial charge in [0, 0.05) is 34.3 Å². The van der Waals surface area contributed by atoms with Crippen LogP contribution in [0.2, 0.25) is 5.02 Å². The number of carboxylic acids is 1. The average Bonchev–Trinajstić information content (AvgIpc) is 3.12. The number of nitrogens with zero attached hydrogens (tertiary/aromatic N) is 1. The third kappa shape index (κ3) is 5.83. The second kappa shape index (κ2) is 11.3. The molecule has 3 aromatic carbocycles. The van der Waals surface area contributed by atoms with Crippen LogP contribution in [-0.2, 0) is 17.9 Å². The van der Waals surface area contributed by atoms with E-state index in [2.05, 4.69) is 31.3 Å². The molecule has 2 N–H and O–H groups in total. The van der Waals surface area contributed by atoms with Crippen molar-refractivity contribution in [3.63, 3.8) is 0 Å². The van der Waals surface area contributed by atoms with E-state index < -0.39 is 18.4 Å². The van der Waals surface area contributed by atoms with Gasteiger partial charge in [-0.3, -0.25) is 4.79 Å². The molecule has 0 fully saturated rings. The van der Waals surface area contributed by atoms with Gasteiger partial charge in [0.05, 0.1) is 11.6 Å². The van der Waals surface area contributed by atoms with Crippen molar-refractivity contribution in [1.29, 1.82) is 0 Å². The molecule has 8 heteroatoms. The van der Waals surface area contributed by atoms with E-state index in [0.717, 1.165) is 33.8 Å². The predicted molar refractivity (Wildman–Crippen MR) is 147 cm³/mol. The zero-order valence-corrected chi connectivity index (χ0v) is 22.5. The number of ether oxygens (including phenoxy) is 1. The van der Waals surface area contributed by atoms with E-state index in [1.54, 1.807) is 6.07 Å². The molecule has 0 saturated carbocycles.